The van der Waals surface area contributed by atoms with Crippen molar-refractivity contribution in [1.29, 1.82) is 0 Å². The molecule has 0 atom stereocenters. The average Bonchev–Trinajstić information content (AvgIpc) is 2.70. The molecule has 0 spiro atoms. The van der Waals surface area contributed by atoms with Crippen molar-refractivity contribution in [2.24, 2.45) is 0 Å². The van der Waals surface area contributed by atoms with E-state index in [1.807, 2.05) is 0 Å². The third kappa shape index (κ3) is 2.17. The molecule has 0 bridgehead atoms. The second-order valence-electron chi connectivity index (χ2n) is 2.92. The first-order valence-electron chi connectivity index (χ1n) is 4.27. The molecule has 2 rings (SSSR count). The average molecular weight is 259 g/mol. The summed E-state index contributed by atoms with van der Waals surface area (Å²) in [5, 5.41) is 3.60. The minimum Gasteiger partial charge on any atom is -0.363 e. The lowest BCUT2D eigenvalue weighted by Crippen LogP contribution is -2.13. The van der Waals surface area contributed by atoms with E-state index in [-0.39, 0.29) is 15.7 Å². The molecule has 7 heteroatoms. The fourth-order valence-corrected chi connectivity index (χ4v) is 2.63. The molecular formula is C9H7ClN2O3S. The van der Waals surface area contributed by atoms with Gasteiger partial charge in [0.25, 0.3) is 10.0 Å². The highest BCUT2D eigenvalue weighted by Gasteiger charge is 2.18. The molecule has 0 fully saturated rings. The molecular weight excluding hydrogens is 252 g/mol. The summed E-state index contributed by atoms with van der Waals surface area (Å²) in [6, 6.07) is 7.54. The van der Waals surface area contributed by atoms with Gasteiger partial charge in [0.15, 0.2) is 5.82 Å². The van der Waals surface area contributed by atoms with Crippen LogP contribution in [-0.2, 0) is 10.0 Å². The third-order valence-electron chi connectivity index (χ3n) is 1.80. The van der Waals surface area contributed by atoms with Gasteiger partial charge in [-0.15, -0.1) is 0 Å². The van der Waals surface area contributed by atoms with Gasteiger partial charge >= 0.3 is 0 Å². The Morgan fingerprint density at radius 3 is 2.62 bits per heavy atom. The zero-order valence-corrected chi connectivity index (χ0v) is 9.49. The summed E-state index contributed by atoms with van der Waals surface area (Å²) >= 11 is 5.79. The predicted molar refractivity (Wildman–Crippen MR) is 58.8 cm³/mol. The normalized spacial score (nSPS) is 11.3. The molecule has 0 aliphatic rings. The van der Waals surface area contributed by atoms with Crippen LogP contribution >= 0.6 is 11.6 Å². The largest absolute Gasteiger partial charge is 0.363 e. The molecule has 1 aromatic heterocycles. The predicted octanol–water partition coefficient (Wildman–Crippen LogP) is 2.13. The van der Waals surface area contributed by atoms with E-state index in [1.54, 1.807) is 12.1 Å². The molecule has 1 aromatic carbocycles. The maximum Gasteiger partial charge on any atom is 0.264 e. The lowest BCUT2D eigenvalue weighted by atomic mass is 10.4. The van der Waals surface area contributed by atoms with Gasteiger partial charge in [-0.1, -0.05) is 28.9 Å². The number of benzene rings is 1. The first-order chi connectivity index (χ1) is 7.59. The summed E-state index contributed by atoms with van der Waals surface area (Å²) in [5.74, 6) is 0.111. The lowest BCUT2D eigenvalue weighted by Gasteiger charge is -2.05. The number of halogens is 1. The van der Waals surface area contributed by atoms with Crippen LogP contribution in [0.4, 0.5) is 5.82 Å². The van der Waals surface area contributed by atoms with E-state index in [0.29, 0.717) is 0 Å². The van der Waals surface area contributed by atoms with Crippen LogP contribution in [0, 0.1) is 0 Å². The highest BCUT2D eigenvalue weighted by molar-refractivity contribution is 7.92. The summed E-state index contributed by atoms with van der Waals surface area (Å²) in [6.07, 6.45) is 1.27. The zero-order valence-electron chi connectivity index (χ0n) is 7.92. The lowest BCUT2D eigenvalue weighted by molar-refractivity contribution is 0.423. The van der Waals surface area contributed by atoms with Crippen molar-refractivity contribution in [3.8, 4) is 0 Å². The number of rotatable bonds is 3. The topological polar surface area (TPSA) is 72.2 Å². The van der Waals surface area contributed by atoms with Gasteiger partial charge in [-0.3, -0.25) is 4.72 Å². The molecule has 5 nitrogen and oxygen atoms in total. The number of anilines is 1. The molecule has 0 aliphatic heterocycles. The van der Waals surface area contributed by atoms with Crippen molar-refractivity contribution >= 4 is 27.4 Å². The number of hydrogen-bond donors (Lipinski definition) is 1. The van der Waals surface area contributed by atoms with Gasteiger partial charge in [0.05, 0.1) is 5.02 Å². The summed E-state index contributed by atoms with van der Waals surface area (Å²) in [7, 11) is -3.72. The molecule has 0 aliphatic carbocycles. The van der Waals surface area contributed by atoms with Crippen molar-refractivity contribution in [1.82, 2.24) is 5.16 Å². The van der Waals surface area contributed by atoms with Crippen LogP contribution < -0.4 is 4.72 Å². The fourth-order valence-electron chi connectivity index (χ4n) is 1.12. The molecule has 2 aromatic rings. The van der Waals surface area contributed by atoms with E-state index in [4.69, 9.17) is 11.6 Å². The molecule has 0 amide bonds. The number of sulfonamides is 1. The molecule has 0 radical (unpaired) electrons. The van der Waals surface area contributed by atoms with Gasteiger partial charge in [0, 0.05) is 6.07 Å². The van der Waals surface area contributed by atoms with Crippen molar-refractivity contribution in [3.63, 3.8) is 0 Å². The van der Waals surface area contributed by atoms with Crippen LogP contribution in [0.5, 0.6) is 0 Å². The molecule has 1 N–H and O–H groups in total. The van der Waals surface area contributed by atoms with Gasteiger partial charge in [-0.25, -0.2) is 8.42 Å². The van der Waals surface area contributed by atoms with E-state index in [1.165, 1.54) is 24.5 Å². The van der Waals surface area contributed by atoms with E-state index < -0.39 is 10.0 Å². The van der Waals surface area contributed by atoms with Crippen molar-refractivity contribution in [2.45, 2.75) is 4.90 Å². The van der Waals surface area contributed by atoms with Gasteiger partial charge < -0.3 is 4.52 Å². The Balaban J connectivity index is 2.37. The Morgan fingerprint density at radius 2 is 2.00 bits per heavy atom. The SMILES string of the molecule is O=S(=O)(Nc1ccon1)c1ccccc1Cl. The van der Waals surface area contributed by atoms with Crippen molar-refractivity contribution < 1.29 is 12.9 Å². The number of aromatic nitrogens is 1. The van der Waals surface area contributed by atoms with Crippen molar-refractivity contribution in [3.05, 3.63) is 41.6 Å². The van der Waals surface area contributed by atoms with Crippen LogP contribution in [0.2, 0.25) is 5.02 Å². The molecule has 0 saturated carbocycles. The fraction of sp³-hybridized carbons (Fsp3) is 0. The standard InChI is InChI=1S/C9H7ClN2O3S/c10-7-3-1-2-4-8(7)16(13,14)12-9-5-6-15-11-9/h1-6H,(H,11,12). The van der Waals surface area contributed by atoms with Gasteiger partial charge in [0.1, 0.15) is 11.2 Å². The van der Waals surface area contributed by atoms with Crippen LogP contribution in [0.25, 0.3) is 0 Å². The molecule has 0 saturated heterocycles. The summed E-state index contributed by atoms with van der Waals surface area (Å²) in [6.45, 7) is 0. The maximum absolute atomic E-state index is 11.8. The molecule has 0 unspecified atom stereocenters. The summed E-state index contributed by atoms with van der Waals surface area (Å²) < 4.78 is 30.4. The number of nitrogens with one attached hydrogen (secondary N) is 1. The monoisotopic (exact) mass is 258 g/mol. The smallest absolute Gasteiger partial charge is 0.264 e. The highest BCUT2D eigenvalue weighted by Crippen LogP contribution is 2.22. The van der Waals surface area contributed by atoms with E-state index >= 15 is 0 Å². The number of hydrogen-bond acceptors (Lipinski definition) is 4. The molecule has 1 heterocycles. The maximum atomic E-state index is 11.8. The summed E-state index contributed by atoms with van der Waals surface area (Å²) in [4.78, 5) is -0.000309. The zero-order chi connectivity index (χ0) is 11.6. The first-order valence-corrected chi connectivity index (χ1v) is 6.13. The quantitative estimate of drug-likeness (QED) is 0.915. The molecule has 16 heavy (non-hydrogen) atoms. The number of nitrogens with zero attached hydrogens (tertiary/aromatic N) is 1. The minimum absolute atomic E-state index is 0.000309. The van der Waals surface area contributed by atoms with Gasteiger partial charge in [-0.05, 0) is 12.1 Å². The third-order valence-corrected chi connectivity index (χ3v) is 3.66. The Morgan fingerprint density at radius 1 is 1.25 bits per heavy atom. The van der Waals surface area contributed by atoms with Gasteiger partial charge in [0.2, 0.25) is 0 Å². The van der Waals surface area contributed by atoms with E-state index in [2.05, 4.69) is 14.4 Å². The Labute approximate surface area is 97.1 Å². The Bertz CT molecular complexity index is 581. The first kappa shape index (κ1) is 11.0. The van der Waals surface area contributed by atoms with Crippen molar-refractivity contribution in [2.75, 3.05) is 4.72 Å². The Hall–Kier alpha value is -1.53. The van der Waals surface area contributed by atoms with Gasteiger partial charge in [-0.2, -0.15) is 0 Å². The Kier molecular flexibility index (Phi) is 2.84. The second kappa shape index (κ2) is 4.15. The van der Waals surface area contributed by atoms with E-state index in [0.717, 1.165) is 0 Å². The van der Waals surface area contributed by atoms with Crippen LogP contribution in [-0.4, -0.2) is 13.6 Å². The van der Waals surface area contributed by atoms with Crippen LogP contribution in [0.15, 0.2) is 46.0 Å². The molecule has 84 valence electrons. The summed E-state index contributed by atoms with van der Waals surface area (Å²) in [5.41, 5.74) is 0. The van der Waals surface area contributed by atoms with E-state index in [9.17, 15) is 8.42 Å². The second-order valence-corrected chi connectivity index (χ2v) is 4.98. The highest BCUT2D eigenvalue weighted by atomic mass is 35.5. The van der Waals surface area contributed by atoms with Crippen LogP contribution in [0.1, 0.15) is 0 Å². The van der Waals surface area contributed by atoms with Crippen LogP contribution in [0.3, 0.4) is 0 Å². The minimum atomic E-state index is -3.72.